The van der Waals surface area contributed by atoms with Crippen molar-refractivity contribution in [2.24, 2.45) is 0 Å². The van der Waals surface area contributed by atoms with Crippen molar-refractivity contribution in [3.8, 4) is 5.75 Å². The van der Waals surface area contributed by atoms with E-state index in [0.29, 0.717) is 18.9 Å². The second-order valence-corrected chi connectivity index (χ2v) is 5.71. The van der Waals surface area contributed by atoms with E-state index in [1.54, 1.807) is 0 Å². The van der Waals surface area contributed by atoms with Crippen molar-refractivity contribution in [2.45, 2.75) is 43.7 Å². The number of benzene rings is 1. The summed E-state index contributed by atoms with van der Waals surface area (Å²) in [6, 6.07) is 1.84. The van der Waals surface area contributed by atoms with Crippen molar-refractivity contribution in [3.05, 3.63) is 28.3 Å². The maximum absolute atomic E-state index is 12.9. The van der Waals surface area contributed by atoms with Gasteiger partial charge in [-0.2, -0.15) is 13.2 Å². The molecular weight excluding hydrogens is 309 g/mol. The van der Waals surface area contributed by atoms with E-state index in [-0.39, 0.29) is 18.4 Å². The van der Waals surface area contributed by atoms with E-state index in [4.69, 9.17) is 11.6 Å². The van der Waals surface area contributed by atoms with Gasteiger partial charge in [0.05, 0.1) is 16.0 Å². The molecule has 0 unspecified atom stereocenters. The van der Waals surface area contributed by atoms with Crippen LogP contribution >= 0.6 is 11.6 Å². The molecule has 1 fully saturated rings. The molecule has 116 valence electrons. The minimum atomic E-state index is -4.79. The second-order valence-electron chi connectivity index (χ2n) is 5.30. The van der Waals surface area contributed by atoms with E-state index in [2.05, 4.69) is 0 Å². The molecule has 0 spiro atoms. The first kappa shape index (κ1) is 15.9. The average molecular weight is 323 g/mol. The Morgan fingerprint density at radius 2 is 1.76 bits per heavy atom. The zero-order valence-corrected chi connectivity index (χ0v) is 11.8. The molecule has 3 nitrogen and oxygen atoms in total. The van der Waals surface area contributed by atoms with Crippen molar-refractivity contribution < 1.29 is 28.2 Å². The summed E-state index contributed by atoms with van der Waals surface area (Å²) in [6.45, 7) is 0. The number of alkyl halides is 3. The summed E-state index contributed by atoms with van der Waals surface area (Å²) < 4.78 is 38.8. The Labute approximate surface area is 124 Å². The fourth-order valence-corrected chi connectivity index (χ4v) is 3.09. The van der Waals surface area contributed by atoms with Gasteiger partial charge in [0.15, 0.2) is 0 Å². The number of rotatable bonds is 2. The van der Waals surface area contributed by atoms with Gasteiger partial charge in [-0.15, -0.1) is 0 Å². The smallest absolute Gasteiger partial charge is 0.420 e. The first-order valence-corrected chi connectivity index (χ1v) is 6.90. The Kier molecular flexibility index (Phi) is 4.10. The summed E-state index contributed by atoms with van der Waals surface area (Å²) in [5, 5.41) is 18.5. The van der Waals surface area contributed by atoms with Crippen LogP contribution in [0.2, 0.25) is 5.02 Å². The van der Waals surface area contributed by atoms with E-state index >= 15 is 0 Å². The molecule has 1 aliphatic rings. The summed E-state index contributed by atoms with van der Waals surface area (Å²) in [7, 11) is 0. The molecule has 0 aliphatic heterocycles. The van der Waals surface area contributed by atoms with Gasteiger partial charge in [-0.1, -0.05) is 30.9 Å². The lowest BCUT2D eigenvalue weighted by Gasteiger charge is -2.34. The van der Waals surface area contributed by atoms with Gasteiger partial charge in [-0.3, -0.25) is 4.79 Å². The number of halogens is 4. The van der Waals surface area contributed by atoms with Crippen molar-refractivity contribution in [1.82, 2.24) is 0 Å². The van der Waals surface area contributed by atoms with Gasteiger partial charge < -0.3 is 10.2 Å². The fraction of sp³-hybridized carbons (Fsp3) is 0.500. The molecule has 0 saturated heterocycles. The van der Waals surface area contributed by atoms with E-state index in [1.165, 1.54) is 0 Å². The third-order valence-corrected chi connectivity index (χ3v) is 4.33. The Hall–Kier alpha value is -1.43. The highest BCUT2D eigenvalue weighted by molar-refractivity contribution is 6.32. The van der Waals surface area contributed by atoms with Crippen LogP contribution in [0.3, 0.4) is 0 Å². The zero-order chi connectivity index (χ0) is 15.8. The van der Waals surface area contributed by atoms with Crippen molar-refractivity contribution in [3.63, 3.8) is 0 Å². The molecule has 1 saturated carbocycles. The number of hydrogen-bond acceptors (Lipinski definition) is 2. The molecule has 1 aromatic carbocycles. The molecule has 0 aromatic heterocycles. The first-order chi connectivity index (χ1) is 9.68. The number of carboxylic acids is 1. The van der Waals surface area contributed by atoms with Crippen molar-refractivity contribution in [1.29, 1.82) is 0 Å². The highest BCUT2D eigenvalue weighted by Gasteiger charge is 2.44. The van der Waals surface area contributed by atoms with Crippen LogP contribution in [0, 0.1) is 0 Å². The Bertz CT molecular complexity index is 563. The van der Waals surface area contributed by atoms with Crippen LogP contribution in [0.4, 0.5) is 13.2 Å². The molecule has 21 heavy (non-hydrogen) atoms. The van der Waals surface area contributed by atoms with Gasteiger partial charge >= 0.3 is 12.1 Å². The number of aromatic hydroxyl groups is 1. The average Bonchev–Trinajstić information content (AvgIpc) is 2.40. The lowest BCUT2D eigenvalue weighted by Crippen LogP contribution is -2.38. The van der Waals surface area contributed by atoms with Crippen LogP contribution in [-0.4, -0.2) is 16.2 Å². The van der Waals surface area contributed by atoms with E-state index < -0.39 is 33.9 Å². The third-order valence-electron chi connectivity index (χ3n) is 4.04. The molecule has 0 heterocycles. The molecular formula is C14H14ClF3O3. The predicted molar refractivity (Wildman–Crippen MR) is 70.5 cm³/mol. The minimum Gasteiger partial charge on any atom is -0.506 e. The van der Waals surface area contributed by atoms with E-state index in [0.717, 1.165) is 12.5 Å². The van der Waals surface area contributed by atoms with Crippen LogP contribution < -0.4 is 0 Å². The van der Waals surface area contributed by atoms with Gasteiger partial charge in [0.2, 0.25) is 0 Å². The lowest BCUT2D eigenvalue weighted by atomic mass is 9.69. The molecule has 2 rings (SSSR count). The lowest BCUT2D eigenvalue weighted by molar-refractivity contribution is -0.146. The van der Waals surface area contributed by atoms with Crippen LogP contribution in [0.15, 0.2) is 12.1 Å². The number of phenols is 1. The second kappa shape index (κ2) is 5.40. The highest BCUT2D eigenvalue weighted by Crippen LogP contribution is 2.46. The van der Waals surface area contributed by atoms with Crippen LogP contribution in [0.25, 0.3) is 0 Å². The molecule has 0 bridgehead atoms. The Balaban J connectivity index is 2.62. The van der Waals surface area contributed by atoms with Crippen LogP contribution in [-0.2, 0) is 16.4 Å². The fourth-order valence-electron chi connectivity index (χ4n) is 2.87. The standard InChI is InChI=1S/C14H14ClF3O3/c15-10-7-8(6-9(11(10)19)14(16,17)18)13(12(20)21)4-2-1-3-5-13/h6-7,19H,1-5H2,(H,20,21). The summed E-state index contributed by atoms with van der Waals surface area (Å²) in [5.41, 5.74) is -2.66. The Morgan fingerprint density at radius 3 is 2.24 bits per heavy atom. The number of carbonyl (C=O) groups is 1. The van der Waals surface area contributed by atoms with Crippen molar-refractivity contribution >= 4 is 17.6 Å². The van der Waals surface area contributed by atoms with E-state index in [1.807, 2.05) is 0 Å². The normalized spacial score (nSPS) is 18.5. The highest BCUT2D eigenvalue weighted by atomic mass is 35.5. The molecule has 0 amide bonds. The largest absolute Gasteiger partial charge is 0.506 e. The number of carboxylic acid groups (broad SMARTS) is 1. The molecule has 2 N–H and O–H groups in total. The molecule has 1 aliphatic carbocycles. The SMILES string of the molecule is O=C(O)C1(c2cc(Cl)c(O)c(C(F)(F)F)c2)CCCCC1. The first-order valence-electron chi connectivity index (χ1n) is 6.52. The van der Waals surface area contributed by atoms with Gasteiger partial charge in [0.25, 0.3) is 0 Å². The monoisotopic (exact) mass is 322 g/mol. The number of phenolic OH excluding ortho intramolecular Hbond substituents is 1. The van der Waals surface area contributed by atoms with Gasteiger partial charge in [0.1, 0.15) is 5.75 Å². The maximum Gasteiger partial charge on any atom is 0.420 e. The molecule has 0 atom stereocenters. The number of hydrogen-bond donors (Lipinski definition) is 2. The summed E-state index contributed by atoms with van der Waals surface area (Å²) >= 11 is 5.67. The van der Waals surface area contributed by atoms with Crippen LogP contribution in [0.1, 0.15) is 43.2 Å². The van der Waals surface area contributed by atoms with Gasteiger partial charge in [-0.05, 0) is 30.5 Å². The quantitative estimate of drug-likeness (QED) is 0.851. The van der Waals surface area contributed by atoms with Gasteiger partial charge in [-0.25, -0.2) is 0 Å². The summed E-state index contributed by atoms with van der Waals surface area (Å²) in [6.07, 6.45) is -2.15. The Morgan fingerprint density at radius 1 is 1.19 bits per heavy atom. The van der Waals surface area contributed by atoms with E-state index in [9.17, 15) is 28.2 Å². The minimum absolute atomic E-state index is 0.00447. The number of aliphatic carboxylic acids is 1. The van der Waals surface area contributed by atoms with Gasteiger partial charge in [0, 0.05) is 0 Å². The third kappa shape index (κ3) is 2.81. The summed E-state index contributed by atoms with van der Waals surface area (Å²) in [4.78, 5) is 11.6. The van der Waals surface area contributed by atoms with Crippen molar-refractivity contribution in [2.75, 3.05) is 0 Å². The molecule has 7 heteroatoms. The zero-order valence-electron chi connectivity index (χ0n) is 11.0. The van der Waals surface area contributed by atoms with Crippen LogP contribution in [0.5, 0.6) is 5.75 Å². The predicted octanol–water partition coefficient (Wildman–Crippen LogP) is 4.35. The maximum atomic E-state index is 12.9. The molecule has 1 aromatic rings. The topological polar surface area (TPSA) is 57.5 Å². The molecule has 0 radical (unpaired) electrons. The summed E-state index contributed by atoms with van der Waals surface area (Å²) in [5.74, 6) is -2.22.